The molecule has 4 nitrogen and oxygen atoms in total. The van der Waals surface area contributed by atoms with E-state index in [2.05, 4.69) is 10.6 Å². The third kappa shape index (κ3) is 4.11. The van der Waals surface area contributed by atoms with Crippen molar-refractivity contribution in [2.24, 2.45) is 0 Å². The van der Waals surface area contributed by atoms with Crippen LogP contribution in [0, 0.1) is 24.1 Å². The normalized spacial score (nSPS) is 11.4. The summed E-state index contributed by atoms with van der Waals surface area (Å²) in [7, 11) is 1.50. The van der Waals surface area contributed by atoms with Gasteiger partial charge in [0.25, 0.3) is 0 Å². The van der Waals surface area contributed by atoms with Crippen molar-refractivity contribution in [3.8, 4) is 6.07 Å². The van der Waals surface area contributed by atoms with Crippen LogP contribution in [-0.2, 0) is 4.79 Å². The first-order valence-electron chi connectivity index (χ1n) is 5.19. The Morgan fingerprint density at radius 1 is 1.53 bits per heavy atom. The van der Waals surface area contributed by atoms with Crippen molar-refractivity contribution in [1.82, 2.24) is 5.32 Å². The van der Waals surface area contributed by atoms with Crippen LogP contribution in [-0.4, -0.2) is 19.0 Å². The fraction of sp³-hybridized carbons (Fsp3) is 0.333. The molecular weight excluding hydrogens is 221 g/mol. The van der Waals surface area contributed by atoms with Crippen molar-refractivity contribution in [2.45, 2.75) is 19.4 Å². The van der Waals surface area contributed by atoms with E-state index in [1.807, 2.05) is 6.07 Å². The van der Waals surface area contributed by atoms with E-state index in [9.17, 15) is 9.18 Å². The van der Waals surface area contributed by atoms with Gasteiger partial charge < -0.3 is 10.6 Å². The molecule has 5 heteroatoms. The van der Waals surface area contributed by atoms with Gasteiger partial charge in [-0.05, 0) is 30.7 Å². The van der Waals surface area contributed by atoms with Crippen molar-refractivity contribution in [1.29, 1.82) is 5.26 Å². The topological polar surface area (TPSA) is 64.9 Å². The molecule has 0 aliphatic rings. The van der Waals surface area contributed by atoms with Gasteiger partial charge in [0.1, 0.15) is 11.9 Å². The zero-order valence-electron chi connectivity index (χ0n) is 9.75. The standard InChI is InChI=1S/C12H14FN3O/c1-8-3-9(13)5-10(4-8)16-11(7-14)6-12(17)15-2/h3-5,11,16H,6H2,1-2H3,(H,15,17). The van der Waals surface area contributed by atoms with Crippen LogP contribution >= 0.6 is 0 Å². The van der Waals surface area contributed by atoms with Crippen LogP contribution in [0.15, 0.2) is 18.2 Å². The molecule has 0 radical (unpaired) electrons. The van der Waals surface area contributed by atoms with E-state index in [0.29, 0.717) is 5.69 Å². The molecule has 1 aromatic carbocycles. The number of benzene rings is 1. The van der Waals surface area contributed by atoms with E-state index >= 15 is 0 Å². The van der Waals surface area contributed by atoms with Gasteiger partial charge in [0.15, 0.2) is 0 Å². The summed E-state index contributed by atoms with van der Waals surface area (Å²) in [6.07, 6.45) is 0.0303. The minimum Gasteiger partial charge on any atom is -0.369 e. The second-order valence-corrected chi connectivity index (χ2v) is 3.72. The summed E-state index contributed by atoms with van der Waals surface area (Å²) in [5, 5.41) is 14.1. The molecule has 2 N–H and O–H groups in total. The van der Waals surface area contributed by atoms with Crippen molar-refractivity contribution in [3.63, 3.8) is 0 Å². The molecule has 1 aromatic rings. The van der Waals surface area contributed by atoms with E-state index in [1.165, 1.54) is 19.2 Å². The number of rotatable bonds is 4. The molecular formula is C12H14FN3O. The second-order valence-electron chi connectivity index (χ2n) is 3.72. The van der Waals surface area contributed by atoms with Crippen molar-refractivity contribution >= 4 is 11.6 Å². The first kappa shape index (κ1) is 13.0. The molecule has 0 bridgehead atoms. The van der Waals surface area contributed by atoms with E-state index in [-0.39, 0.29) is 18.1 Å². The van der Waals surface area contributed by atoms with E-state index < -0.39 is 6.04 Å². The number of halogens is 1. The Labute approximate surface area is 99.4 Å². The number of nitrogens with zero attached hydrogens (tertiary/aromatic N) is 1. The molecule has 1 amide bonds. The zero-order valence-corrected chi connectivity index (χ0v) is 9.75. The maximum atomic E-state index is 13.1. The highest BCUT2D eigenvalue weighted by atomic mass is 19.1. The molecule has 0 saturated carbocycles. The number of carbonyl (C=O) groups excluding carboxylic acids is 1. The molecule has 17 heavy (non-hydrogen) atoms. The van der Waals surface area contributed by atoms with Gasteiger partial charge in [0.05, 0.1) is 12.5 Å². The molecule has 0 heterocycles. The fourth-order valence-corrected chi connectivity index (χ4v) is 1.44. The number of nitrogens with one attached hydrogen (secondary N) is 2. The summed E-state index contributed by atoms with van der Waals surface area (Å²) in [6.45, 7) is 1.76. The number of aryl methyl sites for hydroxylation is 1. The summed E-state index contributed by atoms with van der Waals surface area (Å²) in [5.74, 6) is -0.610. The summed E-state index contributed by atoms with van der Waals surface area (Å²) in [6, 6.07) is 5.70. The lowest BCUT2D eigenvalue weighted by atomic mass is 10.1. The maximum Gasteiger partial charge on any atom is 0.222 e. The highest BCUT2D eigenvalue weighted by Gasteiger charge is 2.12. The molecule has 0 fully saturated rings. The smallest absolute Gasteiger partial charge is 0.222 e. The SMILES string of the molecule is CNC(=O)CC(C#N)Nc1cc(C)cc(F)c1. The third-order valence-corrected chi connectivity index (χ3v) is 2.21. The number of nitriles is 1. The lowest BCUT2D eigenvalue weighted by Crippen LogP contribution is -2.27. The summed E-state index contributed by atoms with van der Waals surface area (Å²) < 4.78 is 13.1. The van der Waals surface area contributed by atoms with Gasteiger partial charge in [0, 0.05) is 12.7 Å². The van der Waals surface area contributed by atoms with Gasteiger partial charge in [-0.1, -0.05) is 0 Å². The predicted molar refractivity (Wildman–Crippen MR) is 62.8 cm³/mol. The third-order valence-electron chi connectivity index (χ3n) is 2.21. The maximum absolute atomic E-state index is 13.1. The van der Waals surface area contributed by atoms with Gasteiger partial charge in [-0.15, -0.1) is 0 Å². The van der Waals surface area contributed by atoms with Crippen LogP contribution in [0.5, 0.6) is 0 Å². The average molecular weight is 235 g/mol. The molecule has 1 rings (SSSR count). The van der Waals surface area contributed by atoms with Crippen LogP contribution in [0.2, 0.25) is 0 Å². The number of hydrogen-bond acceptors (Lipinski definition) is 3. The summed E-state index contributed by atoms with van der Waals surface area (Å²) >= 11 is 0. The first-order chi connectivity index (χ1) is 8.05. The molecule has 90 valence electrons. The largest absolute Gasteiger partial charge is 0.369 e. The number of carbonyl (C=O) groups is 1. The minimum absolute atomic E-state index is 0.0303. The highest BCUT2D eigenvalue weighted by Crippen LogP contribution is 2.14. The van der Waals surface area contributed by atoms with Crippen LogP contribution in [0.25, 0.3) is 0 Å². The lowest BCUT2D eigenvalue weighted by molar-refractivity contribution is -0.120. The quantitative estimate of drug-likeness (QED) is 0.832. The minimum atomic E-state index is -0.670. The average Bonchev–Trinajstić information content (AvgIpc) is 2.26. The monoisotopic (exact) mass is 235 g/mol. The molecule has 0 saturated heterocycles. The molecule has 0 aromatic heterocycles. The Balaban J connectivity index is 2.74. The molecule has 0 aliphatic carbocycles. The van der Waals surface area contributed by atoms with Crippen LogP contribution in [0.4, 0.5) is 10.1 Å². The van der Waals surface area contributed by atoms with Gasteiger partial charge in [-0.2, -0.15) is 5.26 Å². The Bertz CT molecular complexity index is 433. The van der Waals surface area contributed by atoms with Gasteiger partial charge in [0.2, 0.25) is 5.91 Å². The van der Waals surface area contributed by atoms with Crippen molar-refractivity contribution < 1.29 is 9.18 Å². The molecule has 0 spiro atoms. The van der Waals surface area contributed by atoms with Crippen molar-refractivity contribution in [3.05, 3.63) is 29.6 Å². The fourth-order valence-electron chi connectivity index (χ4n) is 1.44. The van der Waals surface area contributed by atoms with Gasteiger partial charge >= 0.3 is 0 Å². The number of anilines is 1. The molecule has 0 aliphatic heterocycles. The van der Waals surface area contributed by atoms with Crippen LogP contribution in [0.1, 0.15) is 12.0 Å². The van der Waals surface area contributed by atoms with Crippen LogP contribution in [0.3, 0.4) is 0 Å². The Hall–Kier alpha value is -2.09. The summed E-state index contributed by atoms with van der Waals surface area (Å²) in [5.41, 5.74) is 1.25. The second kappa shape index (κ2) is 5.85. The predicted octanol–water partition coefficient (Wildman–Crippen LogP) is 1.57. The summed E-state index contributed by atoms with van der Waals surface area (Å²) in [4.78, 5) is 11.1. The number of amides is 1. The number of hydrogen-bond donors (Lipinski definition) is 2. The molecule has 1 unspecified atom stereocenters. The van der Waals surface area contributed by atoms with E-state index in [1.54, 1.807) is 13.0 Å². The zero-order chi connectivity index (χ0) is 12.8. The Kier molecular flexibility index (Phi) is 4.46. The molecule has 1 atom stereocenters. The van der Waals surface area contributed by atoms with Gasteiger partial charge in [-0.25, -0.2) is 4.39 Å². The van der Waals surface area contributed by atoms with Crippen LogP contribution < -0.4 is 10.6 Å². The van der Waals surface area contributed by atoms with Crippen molar-refractivity contribution in [2.75, 3.05) is 12.4 Å². The van der Waals surface area contributed by atoms with E-state index in [4.69, 9.17) is 5.26 Å². The Morgan fingerprint density at radius 3 is 2.76 bits per heavy atom. The van der Waals surface area contributed by atoms with Gasteiger partial charge in [-0.3, -0.25) is 4.79 Å². The first-order valence-corrected chi connectivity index (χ1v) is 5.19. The Morgan fingerprint density at radius 2 is 2.24 bits per heavy atom. The highest BCUT2D eigenvalue weighted by molar-refractivity contribution is 5.77. The van der Waals surface area contributed by atoms with E-state index in [0.717, 1.165) is 5.56 Å². The lowest BCUT2D eigenvalue weighted by Gasteiger charge is -2.12.